The van der Waals surface area contributed by atoms with Gasteiger partial charge < -0.3 is 15.2 Å². The van der Waals surface area contributed by atoms with E-state index in [9.17, 15) is 4.79 Å². The third-order valence-electron chi connectivity index (χ3n) is 3.38. The highest BCUT2D eigenvalue weighted by molar-refractivity contribution is 5.93. The van der Waals surface area contributed by atoms with Crippen LogP contribution in [0.15, 0.2) is 18.2 Å². The second-order valence-corrected chi connectivity index (χ2v) is 5.06. The first-order chi connectivity index (χ1) is 9.60. The van der Waals surface area contributed by atoms with E-state index in [2.05, 4.69) is 17.2 Å². The van der Waals surface area contributed by atoms with Crippen molar-refractivity contribution in [3.63, 3.8) is 0 Å². The molecule has 106 valence electrons. The quantitative estimate of drug-likeness (QED) is 0.806. The van der Waals surface area contributed by atoms with E-state index in [1.54, 1.807) is 0 Å². The van der Waals surface area contributed by atoms with Crippen LogP contribution < -0.4 is 5.32 Å². The number of rotatable bonds is 2. The number of aliphatic hydroxyl groups is 1. The first-order valence-corrected chi connectivity index (χ1v) is 6.73. The molecule has 2 atom stereocenters. The molecular weight excluding hydrogens is 254 g/mol. The fourth-order valence-electron chi connectivity index (χ4n) is 2.21. The van der Waals surface area contributed by atoms with E-state index in [0.29, 0.717) is 6.61 Å². The van der Waals surface area contributed by atoms with Crippen molar-refractivity contribution in [1.82, 2.24) is 0 Å². The molecule has 1 saturated heterocycles. The van der Waals surface area contributed by atoms with Gasteiger partial charge in [-0.05, 0) is 38.0 Å². The average Bonchev–Trinajstić information content (AvgIpc) is 2.86. The molecule has 0 bridgehead atoms. The van der Waals surface area contributed by atoms with Crippen molar-refractivity contribution in [3.8, 4) is 11.8 Å². The van der Waals surface area contributed by atoms with Crippen molar-refractivity contribution < 1.29 is 14.6 Å². The van der Waals surface area contributed by atoms with Gasteiger partial charge in [-0.1, -0.05) is 17.9 Å². The van der Waals surface area contributed by atoms with Crippen LogP contribution in [-0.4, -0.2) is 30.3 Å². The third-order valence-corrected chi connectivity index (χ3v) is 3.38. The Balaban J connectivity index is 2.10. The van der Waals surface area contributed by atoms with Crippen molar-refractivity contribution in [2.75, 3.05) is 18.5 Å². The number of carbonyl (C=O) groups is 1. The summed E-state index contributed by atoms with van der Waals surface area (Å²) in [5.41, 5.74) is 2.52. The number of ether oxygens (including phenoxy) is 1. The molecule has 1 aromatic rings. The standard InChI is InChI=1S/C16H19NO3/c1-11-5-6-13(4-3-7-18)9-15(11)17-16(19)14-8-12(2)20-10-14/h5-6,9,12,14,18H,7-8,10H2,1-2H3,(H,17,19). The molecule has 2 rings (SSSR count). The Morgan fingerprint density at radius 3 is 3.00 bits per heavy atom. The van der Waals surface area contributed by atoms with Gasteiger partial charge in [0, 0.05) is 11.3 Å². The summed E-state index contributed by atoms with van der Waals surface area (Å²) in [4.78, 5) is 12.2. The smallest absolute Gasteiger partial charge is 0.229 e. The van der Waals surface area contributed by atoms with E-state index < -0.39 is 0 Å². The second kappa shape index (κ2) is 6.56. The normalized spacial score (nSPS) is 21.1. The highest BCUT2D eigenvalue weighted by Crippen LogP contribution is 2.22. The first-order valence-electron chi connectivity index (χ1n) is 6.73. The largest absolute Gasteiger partial charge is 0.384 e. The van der Waals surface area contributed by atoms with Gasteiger partial charge in [0.1, 0.15) is 6.61 Å². The van der Waals surface area contributed by atoms with Crippen LogP contribution in [0.3, 0.4) is 0 Å². The molecule has 4 heteroatoms. The Labute approximate surface area is 119 Å². The lowest BCUT2D eigenvalue weighted by Crippen LogP contribution is -2.23. The maximum Gasteiger partial charge on any atom is 0.229 e. The number of nitrogens with one attached hydrogen (secondary N) is 1. The van der Waals surface area contributed by atoms with Crippen molar-refractivity contribution in [2.24, 2.45) is 5.92 Å². The minimum absolute atomic E-state index is 0.00952. The van der Waals surface area contributed by atoms with Gasteiger partial charge in [-0.25, -0.2) is 0 Å². The number of anilines is 1. The minimum atomic E-state index is -0.174. The molecule has 1 amide bonds. The monoisotopic (exact) mass is 273 g/mol. The van der Waals surface area contributed by atoms with Crippen molar-refractivity contribution in [1.29, 1.82) is 0 Å². The van der Waals surface area contributed by atoms with Gasteiger partial charge in [-0.3, -0.25) is 4.79 Å². The summed E-state index contributed by atoms with van der Waals surface area (Å²) in [5, 5.41) is 11.6. The molecular formula is C16H19NO3. The van der Waals surface area contributed by atoms with E-state index in [-0.39, 0.29) is 24.5 Å². The summed E-state index contributed by atoms with van der Waals surface area (Å²) in [6, 6.07) is 5.61. The number of benzene rings is 1. The Morgan fingerprint density at radius 1 is 1.55 bits per heavy atom. The summed E-state index contributed by atoms with van der Waals surface area (Å²) in [6.07, 6.45) is 0.906. The predicted molar refractivity (Wildman–Crippen MR) is 77.3 cm³/mol. The van der Waals surface area contributed by atoms with Crippen LogP contribution in [0.2, 0.25) is 0 Å². The molecule has 2 N–H and O–H groups in total. The fourth-order valence-corrected chi connectivity index (χ4v) is 2.21. The summed E-state index contributed by atoms with van der Waals surface area (Å²) in [6.45, 7) is 4.22. The van der Waals surface area contributed by atoms with Gasteiger partial charge in [0.15, 0.2) is 0 Å². The Morgan fingerprint density at radius 2 is 2.35 bits per heavy atom. The molecule has 0 saturated carbocycles. The van der Waals surface area contributed by atoms with Crippen LogP contribution in [0.5, 0.6) is 0 Å². The van der Waals surface area contributed by atoms with Crippen LogP contribution in [-0.2, 0) is 9.53 Å². The zero-order valence-corrected chi connectivity index (χ0v) is 11.8. The minimum Gasteiger partial charge on any atom is -0.384 e. The van der Waals surface area contributed by atoms with E-state index in [1.807, 2.05) is 32.0 Å². The fraction of sp³-hybridized carbons (Fsp3) is 0.438. The molecule has 4 nitrogen and oxygen atoms in total. The zero-order valence-electron chi connectivity index (χ0n) is 11.8. The number of carbonyl (C=O) groups excluding carboxylic acids is 1. The lowest BCUT2D eigenvalue weighted by Gasteiger charge is -2.12. The number of hydrogen-bond donors (Lipinski definition) is 2. The highest BCUT2D eigenvalue weighted by Gasteiger charge is 2.28. The molecule has 20 heavy (non-hydrogen) atoms. The maximum atomic E-state index is 12.2. The molecule has 1 aliphatic rings. The predicted octanol–water partition coefficient (Wildman–Crippen LogP) is 1.70. The molecule has 0 aromatic heterocycles. The van der Waals surface area contributed by atoms with E-state index >= 15 is 0 Å². The average molecular weight is 273 g/mol. The summed E-state index contributed by atoms with van der Waals surface area (Å²) < 4.78 is 5.42. The van der Waals surface area contributed by atoms with Crippen molar-refractivity contribution >= 4 is 11.6 Å². The highest BCUT2D eigenvalue weighted by atomic mass is 16.5. The molecule has 0 spiro atoms. The Hall–Kier alpha value is -1.83. The second-order valence-electron chi connectivity index (χ2n) is 5.06. The molecule has 2 unspecified atom stereocenters. The van der Waals surface area contributed by atoms with Crippen molar-refractivity contribution in [2.45, 2.75) is 26.4 Å². The number of aryl methyl sites for hydroxylation is 1. The first kappa shape index (κ1) is 14.6. The van der Waals surface area contributed by atoms with E-state index in [0.717, 1.165) is 23.2 Å². The van der Waals surface area contributed by atoms with E-state index in [1.165, 1.54) is 0 Å². The van der Waals surface area contributed by atoms with Gasteiger partial charge in [-0.2, -0.15) is 0 Å². The lowest BCUT2D eigenvalue weighted by atomic mass is 10.0. The van der Waals surface area contributed by atoms with Crippen LogP contribution in [0.25, 0.3) is 0 Å². The van der Waals surface area contributed by atoms with Crippen LogP contribution in [0, 0.1) is 24.7 Å². The maximum absolute atomic E-state index is 12.2. The van der Waals surface area contributed by atoms with Gasteiger partial charge in [0.2, 0.25) is 5.91 Å². The Kier molecular flexibility index (Phi) is 4.78. The van der Waals surface area contributed by atoms with Crippen LogP contribution in [0.1, 0.15) is 24.5 Å². The molecule has 0 radical (unpaired) electrons. The molecule has 1 heterocycles. The molecule has 1 aromatic carbocycles. The van der Waals surface area contributed by atoms with Gasteiger partial charge in [0.05, 0.1) is 18.6 Å². The van der Waals surface area contributed by atoms with Crippen LogP contribution >= 0.6 is 0 Å². The summed E-state index contributed by atoms with van der Waals surface area (Å²) in [5.74, 6) is 5.34. The number of aliphatic hydroxyl groups excluding tert-OH is 1. The Bertz CT molecular complexity index is 557. The van der Waals surface area contributed by atoms with Gasteiger partial charge >= 0.3 is 0 Å². The van der Waals surface area contributed by atoms with Crippen LogP contribution in [0.4, 0.5) is 5.69 Å². The number of amides is 1. The van der Waals surface area contributed by atoms with Crippen molar-refractivity contribution in [3.05, 3.63) is 29.3 Å². The molecule has 1 fully saturated rings. The molecule has 1 aliphatic heterocycles. The summed E-state index contributed by atoms with van der Waals surface area (Å²) in [7, 11) is 0. The van der Waals surface area contributed by atoms with Gasteiger partial charge in [-0.15, -0.1) is 0 Å². The zero-order chi connectivity index (χ0) is 14.5. The number of hydrogen-bond acceptors (Lipinski definition) is 3. The third kappa shape index (κ3) is 3.60. The topological polar surface area (TPSA) is 58.6 Å². The lowest BCUT2D eigenvalue weighted by molar-refractivity contribution is -0.119. The van der Waals surface area contributed by atoms with Gasteiger partial charge in [0.25, 0.3) is 0 Å². The van der Waals surface area contributed by atoms with E-state index in [4.69, 9.17) is 9.84 Å². The SMILES string of the molecule is Cc1ccc(C#CCO)cc1NC(=O)C1COC(C)C1. The summed E-state index contributed by atoms with van der Waals surface area (Å²) >= 11 is 0. The molecule has 0 aliphatic carbocycles.